The van der Waals surface area contributed by atoms with Crippen LogP contribution in [0.4, 0.5) is 17.1 Å². The molecule has 190 valence electrons. The highest BCUT2D eigenvalue weighted by Crippen LogP contribution is 2.26. The van der Waals surface area contributed by atoms with Crippen molar-refractivity contribution >= 4 is 54.6 Å². The fraction of sp³-hybridized carbons (Fsp3) is 0.0385. The molecule has 37 heavy (non-hydrogen) atoms. The van der Waals surface area contributed by atoms with Crippen LogP contribution in [-0.4, -0.2) is 22.7 Å². The van der Waals surface area contributed by atoms with Crippen molar-refractivity contribution in [1.82, 2.24) is 0 Å². The summed E-state index contributed by atoms with van der Waals surface area (Å²) in [5, 5.41) is 2.70. The highest BCUT2D eigenvalue weighted by molar-refractivity contribution is 7.93. The summed E-state index contributed by atoms with van der Waals surface area (Å²) in [5.41, 5.74) is 2.04. The molecule has 0 aliphatic carbocycles. The van der Waals surface area contributed by atoms with E-state index in [0.29, 0.717) is 11.4 Å². The largest absolute Gasteiger partial charge is 0.322 e. The third-order valence-corrected chi connectivity index (χ3v) is 8.31. The van der Waals surface area contributed by atoms with E-state index < -0.39 is 26.0 Å². The van der Waals surface area contributed by atoms with Crippen molar-refractivity contribution in [3.63, 3.8) is 0 Å². The first-order valence-electron chi connectivity index (χ1n) is 10.9. The van der Waals surface area contributed by atoms with Crippen molar-refractivity contribution in [3.05, 3.63) is 113 Å². The molecule has 11 heteroatoms. The van der Waals surface area contributed by atoms with Gasteiger partial charge in [-0.1, -0.05) is 41.9 Å². The van der Waals surface area contributed by atoms with Gasteiger partial charge < -0.3 is 5.32 Å². The molecular formula is C26H22ClN3O5S2. The summed E-state index contributed by atoms with van der Waals surface area (Å²) in [6, 6.07) is 24.6. The van der Waals surface area contributed by atoms with E-state index in [9.17, 15) is 21.6 Å². The third kappa shape index (κ3) is 6.48. The van der Waals surface area contributed by atoms with Crippen LogP contribution >= 0.6 is 11.6 Å². The molecule has 0 aliphatic rings. The van der Waals surface area contributed by atoms with Gasteiger partial charge in [0, 0.05) is 16.9 Å². The molecule has 0 aromatic heterocycles. The van der Waals surface area contributed by atoms with Crippen LogP contribution in [0.5, 0.6) is 0 Å². The zero-order chi connectivity index (χ0) is 26.6. The number of sulfonamides is 2. The van der Waals surface area contributed by atoms with E-state index in [4.69, 9.17) is 11.6 Å². The van der Waals surface area contributed by atoms with Gasteiger partial charge in [0.2, 0.25) is 0 Å². The number of aryl methyl sites for hydroxylation is 1. The van der Waals surface area contributed by atoms with E-state index in [1.807, 2.05) is 13.0 Å². The third-order valence-electron chi connectivity index (χ3n) is 5.22. The van der Waals surface area contributed by atoms with E-state index in [0.717, 1.165) is 5.56 Å². The van der Waals surface area contributed by atoms with Gasteiger partial charge in [-0.05, 0) is 79.2 Å². The number of anilines is 3. The Labute approximate surface area is 220 Å². The van der Waals surface area contributed by atoms with Crippen molar-refractivity contribution in [3.8, 4) is 0 Å². The molecule has 4 rings (SSSR count). The lowest BCUT2D eigenvalue weighted by atomic mass is 10.2. The number of hydrogen-bond acceptors (Lipinski definition) is 5. The quantitative estimate of drug-likeness (QED) is 0.265. The zero-order valence-electron chi connectivity index (χ0n) is 19.5. The van der Waals surface area contributed by atoms with Crippen molar-refractivity contribution in [2.24, 2.45) is 0 Å². The number of halogens is 1. The minimum absolute atomic E-state index is 0.0325. The van der Waals surface area contributed by atoms with Crippen LogP contribution in [0.25, 0.3) is 0 Å². The van der Waals surface area contributed by atoms with Gasteiger partial charge in [0.15, 0.2) is 0 Å². The number of hydrogen-bond donors (Lipinski definition) is 3. The van der Waals surface area contributed by atoms with Gasteiger partial charge in [0.1, 0.15) is 0 Å². The molecule has 4 aromatic carbocycles. The molecule has 0 saturated heterocycles. The normalized spacial score (nSPS) is 11.5. The Bertz CT molecular complexity index is 1660. The zero-order valence-corrected chi connectivity index (χ0v) is 21.9. The standard InChI is InChI=1S/C26H22ClN3O5S2/c1-18-6-5-7-21(16-18)29-36(32,33)23-13-11-20(12-14-23)28-26(31)19-10-15-25(24(27)17-19)30-37(34,35)22-8-3-2-4-9-22/h2-17,29-30H,1H3,(H,28,31). The first kappa shape index (κ1) is 26.2. The lowest BCUT2D eigenvalue weighted by molar-refractivity contribution is 0.102. The molecule has 0 spiro atoms. The fourth-order valence-corrected chi connectivity index (χ4v) is 5.82. The molecule has 0 bridgehead atoms. The Morgan fingerprint density at radius 3 is 1.97 bits per heavy atom. The minimum atomic E-state index is -3.85. The molecular weight excluding hydrogens is 534 g/mol. The van der Waals surface area contributed by atoms with Crippen molar-refractivity contribution in [1.29, 1.82) is 0 Å². The first-order valence-corrected chi connectivity index (χ1v) is 14.3. The Hall–Kier alpha value is -3.86. The average Bonchev–Trinajstić information content (AvgIpc) is 2.86. The minimum Gasteiger partial charge on any atom is -0.322 e. The van der Waals surface area contributed by atoms with Crippen LogP contribution in [0.1, 0.15) is 15.9 Å². The number of carbonyl (C=O) groups excluding carboxylic acids is 1. The summed E-state index contributed by atoms with van der Waals surface area (Å²) in [6.07, 6.45) is 0. The van der Waals surface area contributed by atoms with Gasteiger partial charge in [0.05, 0.1) is 20.5 Å². The van der Waals surface area contributed by atoms with Crippen LogP contribution in [0.2, 0.25) is 5.02 Å². The predicted octanol–water partition coefficient (Wildman–Crippen LogP) is 5.50. The molecule has 0 unspecified atom stereocenters. The summed E-state index contributed by atoms with van der Waals surface area (Å²) >= 11 is 6.24. The molecule has 0 saturated carbocycles. The second-order valence-electron chi connectivity index (χ2n) is 8.07. The Kier molecular flexibility index (Phi) is 7.53. The van der Waals surface area contributed by atoms with Gasteiger partial charge in [-0.2, -0.15) is 0 Å². The lowest BCUT2D eigenvalue weighted by Gasteiger charge is -2.12. The van der Waals surface area contributed by atoms with Gasteiger partial charge >= 0.3 is 0 Å². The highest BCUT2D eigenvalue weighted by atomic mass is 35.5. The monoisotopic (exact) mass is 555 g/mol. The number of benzene rings is 4. The van der Waals surface area contributed by atoms with E-state index in [1.165, 1.54) is 54.6 Å². The van der Waals surface area contributed by atoms with E-state index in [-0.39, 0.29) is 26.1 Å². The van der Waals surface area contributed by atoms with Gasteiger partial charge in [0.25, 0.3) is 26.0 Å². The molecule has 3 N–H and O–H groups in total. The maximum Gasteiger partial charge on any atom is 0.261 e. The molecule has 0 fully saturated rings. The van der Waals surface area contributed by atoms with Crippen molar-refractivity contribution in [2.45, 2.75) is 16.7 Å². The SMILES string of the molecule is Cc1cccc(NS(=O)(=O)c2ccc(NC(=O)c3ccc(NS(=O)(=O)c4ccccc4)c(Cl)c3)cc2)c1. The number of carbonyl (C=O) groups is 1. The van der Waals surface area contributed by atoms with Gasteiger partial charge in [-0.25, -0.2) is 16.8 Å². The Balaban J connectivity index is 1.44. The summed E-state index contributed by atoms with van der Waals surface area (Å²) < 4.78 is 55.3. The van der Waals surface area contributed by atoms with Crippen molar-refractivity contribution in [2.75, 3.05) is 14.8 Å². The molecule has 4 aromatic rings. The Morgan fingerprint density at radius 1 is 0.676 bits per heavy atom. The molecule has 0 aliphatic heterocycles. The van der Waals surface area contributed by atoms with Gasteiger partial charge in [-0.15, -0.1) is 0 Å². The van der Waals surface area contributed by atoms with E-state index >= 15 is 0 Å². The molecule has 0 atom stereocenters. The fourth-order valence-electron chi connectivity index (χ4n) is 3.39. The molecule has 1 amide bonds. The van der Waals surface area contributed by atoms with Crippen LogP contribution in [0.3, 0.4) is 0 Å². The number of amides is 1. The summed E-state index contributed by atoms with van der Waals surface area (Å²) in [6.45, 7) is 1.86. The maximum absolute atomic E-state index is 12.7. The van der Waals surface area contributed by atoms with Gasteiger partial charge in [-0.3, -0.25) is 14.2 Å². The average molecular weight is 556 g/mol. The second kappa shape index (κ2) is 10.6. The molecule has 8 nitrogen and oxygen atoms in total. The summed E-state index contributed by atoms with van der Waals surface area (Å²) in [4.78, 5) is 12.8. The smallest absolute Gasteiger partial charge is 0.261 e. The van der Waals surface area contributed by atoms with Crippen LogP contribution in [0.15, 0.2) is 107 Å². The second-order valence-corrected chi connectivity index (χ2v) is 11.8. The van der Waals surface area contributed by atoms with Crippen LogP contribution in [-0.2, 0) is 20.0 Å². The van der Waals surface area contributed by atoms with Crippen molar-refractivity contribution < 1.29 is 21.6 Å². The van der Waals surface area contributed by atoms with E-state index in [1.54, 1.807) is 36.4 Å². The number of rotatable bonds is 8. The molecule has 0 heterocycles. The molecule has 0 radical (unpaired) electrons. The van der Waals surface area contributed by atoms with Crippen LogP contribution in [0, 0.1) is 6.92 Å². The lowest BCUT2D eigenvalue weighted by Crippen LogP contribution is -2.15. The topological polar surface area (TPSA) is 121 Å². The Morgan fingerprint density at radius 2 is 1.32 bits per heavy atom. The van der Waals surface area contributed by atoms with E-state index in [2.05, 4.69) is 14.8 Å². The summed E-state index contributed by atoms with van der Waals surface area (Å²) in [5.74, 6) is -0.507. The van der Waals surface area contributed by atoms with Crippen LogP contribution < -0.4 is 14.8 Å². The predicted molar refractivity (Wildman–Crippen MR) is 145 cm³/mol. The number of nitrogens with one attached hydrogen (secondary N) is 3. The highest BCUT2D eigenvalue weighted by Gasteiger charge is 2.18. The summed E-state index contributed by atoms with van der Waals surface area (Å²) in [7, 11) is -7.65. The maximum atomic E-state index is 12.7. The first-order chi connectivity index (χ1) is 17.5.